The van der Waals surface area contributed by atoms with Crippen molar-refractivity contribution in [2.45, 2.75) is 40.4 Å². The minimum absolute atomic E-state index is 0.00822. The van der Waals surface area contributed by atoms with Crippen LogP contribution in [0.2, 0.25) is 15.1 Å². The van der Waals surface area contributed by atoms with Crippen LogP contribution < -0.4 is 10.6 Å². The van der Waals surface area contributed by atoms with Crippen LogP contribution in [0.1, 0.15) is 56.8 Å². The molecule has 0 aromatic heterocycles. The molecule has 246 valence electrons. The second-order valence-corrected chi connectivity index (χ2v) is 13.7. The summed E-state index contributed by atoms with van der Waals surface area (Å²) < 4.78 is 0. The molecule has 4 aromatic rings. The molecular formula is C33H29Cl3N2O6S3. The third kappa shape index (κ3) is 13.0. The van der Waals surface area contributed by atoms with Crippen molar-refractivity contribution in [3.8, 4) is 0 Å². The largest absolute Gasteiger partial charge is 0.478 e. The number of aromatic carboxylic acids is 2. The number of unbranched alkanes of at least 4 members (excludes halogenated alkanes) is 2. The molecule has 0 heterocycles. The van der Waals surface area contributed by atoms with Gasteiger partial charge in [-0.05, 0) is 79.6 Å². The summed E-state index contributed by atoms with van der Waals surface area (Å²) in [6.45, 7) is 0.554. The van der Waals surface area contributed by atoms with Crippen LogP contribution >= 0.6 is 69.0 Å². The number of carbonyl (C=O) groups excluding carboxylic acids is 2. The van der Waals surface area contributed by atoms with Crippen molar-refractivity contribution >= 4 is 98.5 Å². The highest BCUT2D eigenvalue weighted by Gasteiger charge is 2.16. The molecule has 14 heteroatoms. The summed E-state index contributed by atoms with van der Waals surface area (Å²) >= 11 is 21.7. The van der Waals surface area contributed by atoms with Gasteiger partial charge in [-0.2, -0.15) is 0 Å². The highest BCUT2D eigenvalue weighted by atomic mass is 35.5. The van der Waals surface area contributed by atoms with Crippen LogP contribution in [0.25, 0.3) is 0 Å². The average Bonchev–Trinajstić information content (AvgIpc) is 3.04. The Bertz CT molecular complexity index is 1660. The van der Waals surface area contributed by atoms with Crippen LogP contribution in [-0.2, 0) is 4.79 Å². The number of rotatable bonds is 13. The fourth-order valence-electron chi connectivity index (χ4n) is 3.89. The van der Waals surface area contributed by atoms with E-state index in [0.29, 0.717) is 48.3 Å². The lowest BCUT2D eigenvalue weighted by molar-refractivity contribution is -0.116. The number of carboxylic acids is 2. The number of para-hydroxylation sites is 1. The van der Waals surface area contributed by atoms with E-state index in [1.165, 1.54) is 12.1 Å². The summed E-state index contributed by atoms with van der Waals surface area (Å²) in [5.74, 6) is -2.37. The molecule has 0 aliphatic carbocycles. The van der Waals surface area contributed by atoms with Gasteiger partial charge in [-0.25, -0.2) is 9.59 Å². The molecule has 0 fully saturated rings. The molecule has 4 rings (SSSR count). The average molecular weight is 752 g/mol. The molecule has 0 atom stereocenters. The zero-order chi connectivity index (χ0) is 34.3. The van der Waals surface area contributed by atoms with E-state index >= 15 is 0 Å². The van der Waals surface area contributed by atoms with Crippen molar-refractivity contribution in [2.24, 2.45) is 0 Å². The van der Waals surface area contributed by atoms with Crippen molar-refractivity contribution < 1.29 is 29.4 Å². The lowest BCUT2D eigenvalue weighted by Gasteiger charge is -2.08. The molecule has 0 aliphatic heterocycles. The zero-order valence-corrected chi connectivity index (χ0v) is 29.3. The fraction of sp³-hybridized carbons (Fsp3) is 0.152. The van der Waals surface area contributed by atoms with Gasteiger partial charge < -0.3 is 20.8 Å². The third-order valence-electron chi connectivity index (χ3n) is 6.19. The van der Waals surface area contributed by atoms with Crippen molar-refractivity contribution in [3.63, 3.8) is 0 Å². The highest BCUT2D eigenvalue weighted by molar-refractivity contribution is 8.76. The Morgan fingerprint density at radius 2 is 1.17 bits per heavy atom. The maximum Gasteiger partial charge on any atom is 0.336 e. The van der Waals surface area contributed by atoms with Crippen LogP contribution in [0.4, 0.5) is 5.69 Å². The van der Waals surface area contributed by atoms with E-state index in [9.17, 15) is 29.4 Å². The number of amides is 2. The van der Waals surface area contributed by atoms with Gasteiger partial charge in [0.1, 0.15) is 0 Å². The smallest absolute Gasteiger partial charge is 0.336 e. The highest BCUT2D eigenvalue weighted by Crippen LogP contribution is 2.41. The summed E-state index contributed by atoms with van der Waals surface area (Å²) in [6.07, 6.45) is 2.93. The van der Waals surface area contributed by atoms with E-state index in [2.05, 4.69) is 23.3 Å². The van der Waals surface area contributed by atoms with E-state index in [1.54, 1.807) is 42.5 Å². The molecule has 0 saturated heterocycles. The summed E-state index contributed by atoms with van der Waals surface area (Å²) in [5.41, 5.74) is 1.41. The molecule has 8 nitrogen and oxygen atoms in total. The monoisotopic (exact) mass is 750 g/mol. The first-order valence-corrected chi connectivity index (χ1v) is 17.7. The van der Waals surface area contributed by atoms with Crippen molar-refractivity contribution in [1.82, 2.24) is 5.32 Å². The number of thiol groups is 1. The van der Waals surface area contributed by atoms with Gasteiger partial charge in [0.15, 0.2) is 0 Å². The maximum absolute atomic E-state index is 12.1. The van der Waals surface area contributed by atoms with Gasteiger partial charge in [0.2, 0.25) is 5.91 Å². The van der Waals surface area contributed by atoms with Gasteiger partial charge in [0.25, 0.3) is 5.91 Å². The molecule has 4 aromatic carbocycles. The Kier molecular flexibility index (Phi) is 15.8. The molecule has 0 radical (unpaired) electrons. The predicted octanol–water partition coefficient (Wildman–Crippen LogP) is 9.75. The number of halogens is 3. The molecule has 0 unspecified atom stereocenters. The Morgan fingerprint density at radius 1 is 0.660 bits per heavy atom. The van der Waals surface area contributed by atoms with Crippen LogP contribution in [0.15, 0.2) is 99.6 Å². The van der Waals surface area contributed by atoms with Crippen LogP contribution in [0.5, 0.6) is 0 Å². The molecule has 0 bridgehead atoms. The summed E-state index contributed by atoms with van der Waals surface area (Å²) in [5, 5.41) is 25.2. The van der Waals surface area contributed by atoms with Crippen LogP contribution in [0, 0.1) is 0 Å². The number of nitrogens with one attached hydrogen (secondary N) is 2. The van der Waals surface area contributed by atoms with E-state index < -0.39 is 11.9 Å². The van der Waals surface area contributed by atoms with Gasteiger partial charge in [-0.15, -0.1) is 12.6 Å². The SMILES string of the molecule is O=C(CCCCCNC(=O)c1cc(Cl)ccc1S)Nc1ccccc1.O=C(O)c1cc(Cl)ccc1SSc1ccc(Cl)cc1C(=O)O. The normalized spacial score (nSPS) is 10.4. The van der Waals surface area contributed by atoms with E-state index in [-0.39, 0.29) is 22.9 Å². The topological polar surface area (TPSA) is 133 Å². The van der Waals surface area contributed by atoms with Crippen LogP contribution in [-0.4, -0.2) is 40.5 Å². The van der Waals surface area contributed by atoms with Gasteiger partial charge >= 0.3 is 11.9 Å². The molecule has 4 N–H and O–H groups in total. The minimum atomic E-state index is -1.10. The van der Waals surface area contributed by atoms with E-state index in [1.807, 2.05) is 30.3 Å². The summed E-state index contributed by atoms with van der Waals surface area (Å²) in [4.78, 5) is 47.9. The van der Waals surface area contributed by atoms with Crippen molar-refractivity contribution in [3.05, 3.63) is 117 Å². The number of anilines is 1. The number of carbonyl (C=O) groups is 4. The summed E-state index contributed by atoms with van der Waals surface area (Å²) in [6, 6.07) is 23.4. The first kappa shape index (κ1) is 38.1. The van der Waals surface area contributed by atoms with Gasteiger partial charge in [-0.3, -0.25) is 9.59 Å². The third-order valence-corrected chi connectivity index (χ3v) is 9.77. The second kappa shape index (κ2) is 19.5. The van der Waals surface area contributed by atoms with E-state index in [0.717, 1.165) is 46.5 Å². The molecule has 0 spiro atoms. The van der Waals surface area contributed by atoms with Gasteiger partial charge in [0, 0.05) is 48.4 Å². The lowest BCUT2D eigenvalue weighted by Crippen LogP contribution is -2.24. The standard InChI is InChI=1S/C19H21ClN2O2S.C14H8Cl2O4S2/c20-14-10-11-17(25)16(13-14)19(24)21-12-6-2-5-9-18(23)22-15-7-3-1-4-8-15;15-7-1-3-11(9(5-7)13(17)18)21-22-12-4-2-8(16)6-10(12)14(19)20/h1,3-4,7-8,10-11,13,25H,2,5-6,9,12H2,(H,21,24)(H,22,23);1-6H,(H,17,18)(H,19,20). The fourth-order valence-corrected chi connectivity index (χ4v) is 6.96. The van der Waals surface area contributed by atoms with Crippen molar-refractivity contribution in [2.75, 3.05) is 11.9 Å². The summed E-state index contributed by atoms with van der Waals surface area (Å²) in [7, 11) is 2.29. The first-order valence-electron chi connectivity index (χ1n) is 14.0. The second-order valence-electron chi connectivity index (χ2n) is 9.70. The maximum atomic E-state index is 12.1. The van der Waals surface area contributed by atoms with Crippen LogP contribution in [0.3, 0.4) is 0 Å². The lowest BCUT2D eigenvalue weighted by atomic mass is 10.1. The quantitative estimate of drug-likeness (QED) is 0.0518. The number of benzene rings is 4. The first-order chi connectivity index (χ1) is 22.4. The van der Waals surface area contributed by atoms with Gasteiger partial charge in [0.05, 0.1) is 16.7 Å². The number of hydrogen-bond donors (Lipinski definition) is 5. The number of carboxylic acid groups (broad SMARTS) is 2. The number of hydrogen-bond acceptors (Lipinski definition) is 7. The molecular weight excluding hydrogens is 723 g/mol. The predicted molar refractivity (Wildman–Crippen MR) is 193 cm³/mol. The van der Waals surface area contributed by atoms with E-state index in [4.69, 9.17) is 34.8 Å². The molecule has 47 heavy (non-hydrogen) atoms. The van der Waals surface area contributed by atoms with Crippen molar-refractivity contribution in [1.29, 1.82) is 0 Å². The Morgan fingerprint density at radius 3 is 1.70 bits per heavy atom. The Hall–Kier alpha value is -3.32. The molecule has 0 saturated carbocycles. The zero-order valence-electron chi connectivity index (χ0n) is 24.5. The Balaban J connectivity index is 0.000000257. The van der Waals surface area contributed by atoms with Gasteiger partial charge in [-0.1, -0.05) is 81.0 Å². The molecule has 0 aliphatic rings. The minimum Gasteiger partial charge on any atom is -0.478 e. The Labute approximate surface area is 300 Å². The molecule has 2 amide bonds.